The highest BCUT2D eigenvalue weighted by molar-refractivity contribution is 5.91. The summed E-state index contributed by atoms with van der Waals surface area (Å²) in [5.41, 5.74) is 1.76. The van der Waals surface area contributed by atoms with E-state index in [1.165, 1.54) is 19.3 Å². The van der Waals surface area contributed by atoms with E-state index in [0.717, 1.165) is 30.5 Å². The van der Waals surface area contributed by atoms with Gasteiger partial charge in [-0.15, -0.1) is 0 Å². The molecule has 1 amide bonds. The molecule has 6 nitrogen and oxygen atoms in total. The van der Waals surface area contributed by atoms with Crippen molar-refractivity contribution in [3.8, 4) is 11.3 Å². The Kier molecular flexibility index (Phi) is 5.85. The normalized spacial score (nSPS) is 16.1. The van der Waals surface area contributed by atoms with Crippen molar-refractivity contribution >= 4 is 22.6 Å². The lowest BCUT2D eigenvalue weighted by Gasteiger charge is -2.28. The fourth-order valence-corrected chi connectivity index (χ4v) is 3.98. The number of nitrogens with one attached hydrogen (secondary N) is 2. The van der Waals surface area contributed by atoms with Gasteiger partial charge in [-0.1, -0.05) is 25.5 Å². The molecule has 0 bridgehead atoms. The number of carbonyl (C=O) groups is 1. The second kappa shape index (κ2) is 8.69. The minimum Gasteiger partial charge on any atom is -0.307 e. The zero-order chi connectivity index (χ0) is 20.2. The lowest BCUT2D eigenvalue weighted by molar-refractivity contribution is -0.117. The summed E-state index contributed by atoms with van der Waals surface area (Å²) in [6.45, 7) is 5.16. The van der Waals surface area contributed by atoms with E-state index >= 15 is 0 Å². The van der Waals surface area contributed by atoms with Crippen molar-refractivity contribution in [1.82, 2.24) is 20.1 Å². The molecule has 1 fully saturated rings. The van der Waals surface area contributed by atoms with E-state index in [1.54, 1.807) is 12.3 Å². The van der Waals surface area contributed by atoms with Gasteiger partial charge in [-0.3, -0.25) is 14.9 Å². The average molecular weight is 395 g/mol. The van der Waals surface area contributed by atoms with Crippen molar-refractivity contribution in [2.24, 2.45) is 5.92 Å². The quantitative estimate of drug-likeness (QED) is 0.656. The maximum Gasteiger partial charge on any atom is 0.225 e. The Morgan fingerprint density at radius 2 is 2.10 bits per heavy atom. The summed E-state index contributed by atoms with van der Waals surface area (Å²) < 4.78 is 14.9. The molecule has 2 N–H and O–H groups in total. The fourth-order valence-electron chi connectivity index (χ4n) is 3.98. The number of aromatic nitrogens is 3. The highest BCUT2D eigenvalue weighted by atomic mass is 19.1. The summed E-state index contributed by atoms with van der Waals surface area (Å²) in [4.78, 5) is 19.1. The van der Waals surface area contributed by atoms with Crippen molar-refractivity contribution in [3.63, 3.8) is 0 Å². The monoisotopic (exact) mass is 395 g/mol. The molecule has 1 unspecified atom stereocenters. The van der Waals surface area contributed by atoms with Gasteiger partial charge in [-0.2, -0.15) is 5.10 Å². The van der Waals surface area contributed by atoms with Crippen molar-refractivity contribution in [1.29, 1.82) is 0 Å². The first-order chi connectivity index (χ1) is 14.1. The van der Waals surface area contributed by atoms with Crippen molar-refractivity contribution < 1.29 is 9.18 Å². The molecule has 0 saturated carbocycles. The summed E-state index contributed by atoms with van der Waals surface area (Å²) >= 11 is 0. The van der Waals surface area contributed by atoms with Gasteiger partial charge in [0, 0.05) is 30.1 Å². The van der Waals surface area contributed by atoms with Crippen LogP contribution in [-0.2, 0) is 4.79 Å². The summed E-state index contributed by atoms with van der Waals surface area (Å²) in [6, 6.07) is 9.24. The second-order valence-electron chi connectivity index (χ2n) is 7.89. The SMILES string of the molecule is CC(CC(=O)Nc1n[nH]c(-c2ccc3ncccc3c2)c1F)CN1CCCCC1. The number of likely N-dealkylation sites (tertiary alicyclic amines) is 1. The third-order valence-electron chi connectivity index (χ3n) is 5.41. The van der Waals surface area contributed by atoms with Crippen LogP contribution < -0.4 is 5.32 Å². The standard InChI is InChI=1S/C22H26FN5O/c1-15(14-28-10-3-2-4-11-28)12-19(29)25-22-20(23)21(26-27-22)17-7-8-18-16(13-17)6-5-9-24-18/h5-9,13,15H,2-4,10-12,14H2,1H3,(H2,25,26,27,29). The molecule has 1 aliphatic heterocycles. The maximum absolute atomic E-state index is 14.9. The fraction of sp³-hybridized carbons (Fsp3) is 0.409. The van der Waals surface area contributed by atoms with Crippen LogP contribution in [0.25, 0.3) is 22.2 Å². The van der Waals surface area contributed by atoms with Gasteiger partial charge in [-0.25, -0.2) is 4.39 Å². The molecule has 7 heteroatoms. The van der Waals surface area contributed by atoms with E-state index in [0.29, 0.717) is 12.0 Å². The summed E-state index contributed by atoms with van der Waals surface area (Å²) in [5.74, 6) is -0.608. The van der Waals surface area contributed by atoms with Crippen LogP contribution in [0.2, 0.25) is 0 Å². The highest BCUT2D eigenvalue weighted by Crippen LogP contribution is 2.27. The Labute approximate surface area is 169 Å². The first kappa shape index (κ1) is 19.5. The van der Waals surface area contributed by atoms with Crippen LogP contribution in [-0.4, -0.2) is 45.6 Å². The van der Waals surface area contributed by atoms with E-state index in [4.69, 9.17) is 0 Å². The lowest BCUT2D eigenvalue weighted by Crippen LogP contribution is -2.34. The van der Waals surface area contributed by atoms with Crippen LogP contribution in [0, 0.1) is 11.7 Å². The van der Waals surface area contributed by atoms with Gasteiger partial charge in [0.05, 0.1) is 5.52 Å². The number of amides is 1. The Morgan fingerprint density at radius 3 is 2.93 bits per heavy atom. The third kappa shape index (κ3) is 4.62. The number of benzene rings is 1. The molecule has 0 radical (unpaired) electrons. The van der Waals surface area contributed by atoms with E-state index in [-0.39, 0.29) is 23.3 Å². The molecule has 2 aromatic heterocycles. The number of H-pyrrole nitrogens is 1. The lowest BCUT2D eigenvalue weighted by atomic mass is 10.0. The van der Waals surface area contributed by atoms with Gasteiger partial charge in [0.2, 0.25) is 5.91 Å². The Balaban J connectivity index is 1.40. The topological polar surface area (TPSA) is 73.9 Å². The molecular weight excluding hydrogens is 369 g/mol. The molecule has 1 saturated heterocycles. The van der Waals surface area contributed by atoms with Crippen LogP contribution >= 0.6 is 0 Å². The van der Waals surface area contributed by atoms with Crippen LogP contribution in [0.15, 0.2) is 36.5 Å². The average Bonchev–Trinajstić information content (AvgIpc) is 3.08. The van der Waals surface area contributed by atoms with Gasteiger partial charge >= 0.3 is 0 Å². The molecule has 29 heavy (non-hydrogen) atoms. The number of halogens is 1. The van der Waals surface area contributed by atoms with Crippen LogP contribution in [0.3, 0.4) is 0 Å². The van der Waals surface area contributed by atoms with Crippen LogP contribution in [0.4, 0.5) is 10.2 Å². The number of carbonyl (C=O) groups excluding carboxylic acids is 1. The summed E-state index contributed by atoms with van der Waals surface area (Å²) in [6.07, 6.45) is 5.81. The largest absolute Gasteiger partial charge is 0.307 e. The van der Waals surface area contributed by atoms with Crippen molar-refractivity contribution in [2.75, 3.05) is 25.0 Å². The Morgan fingerprint density at radius 1 is 1.28 bits per heavy atom. The number of nitrogens with zero attached hydrogens (tertiary/aromatic N) is 3. The van der Waals surface area contributed by atoms with E-state index in [9.17, 15) is 9.18 Å². The number of piperidine rings is 1. The Bertz CT molecular complexity index is 996. The van der Waals surface area contributed by atoms with Gasteiger partial charge in [0.15, 0.2) is 11.6 Å². The molecule has 3 heterocycles. The van der Waals surface area contributed by atoms with Gasteiger partial charge < -0.3 is 10.2 Å². The van der Waals surface area contributed by atoms with E-state index in [2.05, 4.69) is 32.3 Å². The number of hydrogen-bond acceptors (Lipinski definition) is 4. The second-order valence-corrected chi connectivity index (χ2v) is 7.89. The molecule has 0 spiro atoms. The highest BCUT2D eigenvalue weighted by Gasteiger charge is 2.20. The molecule has 1 aromatic carbocycles. The summed E-state index contributed by atoms with van der Waals surface area (Å²) in [5, 5.41) is 10.2. The minimum absolute atomic E-state index is 0.0542. The molecule has 152 valence electrons. The van der Waals surface area contributed by atoms with E-state index < -0.39 is 5.82 Å². The number of fused-ring (bicyclic) bond motifs is 1. The van der Waals surface area contributed by atoms with Gasteiger partial charge in [0.1, 0.15) is 5.69 Å². The smallest absolute Gasteiger partial charge is 0.225 e. The Hall–Kier alpha value is -2.80. The molecule has 0 aliphatic carbocycles. The first-order valence-corrected chi connectivity index (χ1v) is 10.2. The zero-order valence-corrected chi connectivity index (χ0v) is 16.6. The number of hydrogen-bond donors (Lipinski definition) is 2. The molecule has 1 aliphatic rings. The third-order valence-corrected chi connectivity index (χ3v) is 5.41. The predicted molar refractivity (Wildman–Crippen MR) is 112 cm³/mol. The molecule has 3 aromatic rings. The van der Waals surface area contributed by atoms with Gasteiger partial charge in [0.25, 0.3) is 0 Å². The molecular formula is C22H26FN5O. The predicted octanol–water partition coefficient (Wildman–Crippen LogP) is 4.21. The number of aromatic amines is 1. The van der Waals surface area contributed by atoms with Crippen molar-refractivity contribution in [2.45, 2.75) is 32.6 Å². The zero-order valence-electron chi connectivity index (χ0n) is 16.6. The molecule has 4 rings (SSSR count). The number of rotatable bonds is 6. The first-order valence-electron chi connectivity index (χ1n) is 10.2. The van der Waals surface area contributed by atoms with E-state index in [1.807, 2.05) is 24.3 Å². The minimum atomic E-state index is -0.551. The maximum atomic E-state index is 14.9. The van der Waals surface area contributed by atoms with Gasteiger partial charge in [-0.05, 0) is 50.0 Å². The van der Waals surface area contributed by atoms with Crippen molar-refractivity contribution in [3.05, 3.63) is 42.3 Å². The number of anilines is 1. The van der Waals surface area contributed by atoms with Crippen LogP contribution in [0.5, 0.6) is 0 Å². The van der Waals surface area contributed by atoms with Crippen LogP contribution in [0.1, 0.15) is 32.6 Å². The summed E-state index contributed by atoms with van der Waals surface area (Å²) in [7, 11) is 0. The molecule has 1 atom stereocenters. The number of pyridine rings is 1.